The first-order valence-electron chi connectivity index (χ1n) is 7.04. The molecule has 1 aliphatic rings. The van der Waals surface area contributed by atoms with Crippen LogP contribution in [0.15, 0.2) is 17.6 Å². The molecule has 2 N–H and O–H groups in total. The lowest BCUT2D eigenvalue weighted by atomic mass is 10.1. The van der Waals surface area contributed by atoms with Gasteiger partial charge < -0.3 is 15.5 Å². The second-order valence-corrected chi connectivity index (χ2v) is 5.09. The van der Waals surface area contributed by atoms with E-state index in [-0.39, 0.29) is 0 Å². The molecular formula is C14H28N4. The number of nitrogens with one attached hydrogen (secondary N) is 2. The van der Waals surface area contributed by atoms with E-state index in [1.165, 1.54) is 38.9 Å². The van der Waals surface area contributed by atoms with Crippen molar-refractivity contribution in [1.29, 1.82) is 0 Å². The van der Waals surface area contributed by atoms with Crippen LogP contribution < -0.4 is 10.6 Å². The molecule has 1 atom stereocenters. The van der Waals surface area contributed by atoms with Crippen molar-refractivity contribution in [2.75, 3.05) is 39.8 Å². The van der Waals surface area contributed by atoms with E-state index in [9.17, 15) is 0 Å². The normalized spacial score (nSPS) is 19.3. The highest BCUT2D eigenvalue weighted by Crippen LogP contribution is 2.10. The summed E-state index contributed by atoms with van der Waals surface area (Å²) in [7, 11) is 1.80. The first kappa shape index (κ1) is 15.0. The highest BCUT2D eigenvalue weighted by atomic mass is 15.2. The number of likely N-dealkylation sites (tertiary alicyclic amines) is 1. The standard InChI is InChI=1S/C14H28N4/c1-4-8-16-14(15-3)17-11-13(2)12-18-9-6-5-7-10-18/h4,13H,1,5-12H2,2-3H3,(H2,15,16,17). The van der Waals surface area contributed by atoms with Crippen LogP contribution in [0.2, 0.25) is 0 Å². The molecule has 0 aromatic carbocycles. The van der Waals surface area contributed by atoms with Crippen LogP contribution in [-0.4, -0.2) is 50.6 Å². The van der Waals surface area contributed by atoms with Gasteiger partial charge in [0, 0.05) is 26.7 Å². The summed E-state index contributed by atoms with van der Waals surface area (Å²) < 4.78 is 0. The van der Waals surface area contributed by atoms with Gasteiger partial charge in [-0.25, -0.2) is 0 Å². The molecule has 1 saturated heterocycles. The van der Waals surface area contributed by atoms with Crippen LogP contribution in [0.3, 0.4) is 0 Å². The molecule has 4 nitrogen and oxygen atoms in total. The second kappa shape index (κ2) is 8.97. The fourth-order valence-electron chi connectivity index (χ4n) is 2.31. The number of hydrogen-bond acceptors (Lipinski definition) is 2. The Hall–Kier alpha value is -1.03. The molecule has 1 fully saturated rings. The van der Waals surface area contributed by atoms with E-state index >= 15 is 0 Å². The van der Waals surface area contributed by atoms with E-state index in [4.69, 9.17) is 0 Å². The van der Waals surface area contributed by atoms with E-state index in [0.717, 1.165) is 19.0 Å². The predicted molar refractivity (Wildman–Crippen MR) is 79.0 cm³/mol. The van der Waals surface area contributed by atoms with E-state index < -0.39 is 0 Å². The van der Waals surface area contributed by atoms with Crippen molar-refractivity contribution in [3.05, 3.63) is 12.7 Å². The third-order valence-electron chi connectivity index (χ3n) is 3.27. The molecule has 104 valence electrons. The number of hydrogen-bond donors (Lipinski definition) is 2. The molecule has 0 spiro atoms. The molecule has 1 unspecified atom stereocenters. The molecule has 1 heterocycles. The fourth-order valence-corrected chi connectivity index (χ4v) is 2.31. The summed E-state index contributed by atoms with van der Waals surface area (Å²) in [5, 5.41) is 6.54. The predicted octanol–water partition coefficient (Wildman–Crippen LogP) is 1.46. The number of rotatable bonds is 6. The molecular weight excluding hydrogens is 224 g/mol. The van der Waals surface area contributed by atoms with Gasteiger partial charge in [-0.1, -0.05) is 19.4 Å². The molecule has 0 saturated carbocycles. The Labute approximate surface area is 112 Å². The molecule has 0 bridgehead atoms. The Bertz CT molecular complexity index is 257. The van der Waals surface area contributed by atoms with Crippen LogP contribution in [0.25, 0.3) is 0 Å². The Morgan fingerprint density at radius 1 is 1.33 bits per heavy atom. The van der Waals surface area contributed by atoms with Gasteiger partial charge >= 0.3 is 0 Å². The largest absolute Gasteiger partial charge is 0.356 e. The lowest BCUT2D eigenvalue weighted by Gasteiger charge is -2.29. The topological polar surface area (TPSA) is 39.7 Å². The third-order valence-corrected chi connectivity index (χ3v) is 3.27. The van der Waals surface area contributed by atoms with Crippen molar-refractivity contribution in [2.45, 2.75) is 26.2 Å². The van der Waals surface area contributed by atoms with Gasteiger partial charge in [0.1, 0.15) is 0 Å². The molecule has 4 heteroatoms. The maximum absolute atomic E-state index is 4.18. The van der Waals surface area contributed by atoms with E-state index in [2.05, 4.69) is 34.0 Å². The quantitative estimate of drug-likeness (QED) is 0.427. The summed E-state index contributed by atoms with van der Waals surface area (Å²) in [5.74, 6) is 1.51. The fraction of sp³-hybridized carbons (Fsp3) is 0.786. The monoisotopic (exact) mass is 252 g/mol. The summed E-state index contributed by atoms with van der Waals surface area (Å²) in [5.41, 5.74) is 0. The average Bonchev–Trinajstić information content (AvgIpc) is 2.40. The van der Waals surface area contributed by atoms with E-state index in [0.29, 0.717) is 5.92 Å². The highest BCUT2D eigenvalue weighted by molar-refractivity contribution is 5.79. The lowest BCUT2D eigenvalue weighted by molar-refractivity contribution is 0.201. The van der Waals surface area contributed by atoms with E-state index in [1.807, 2.05) is 6.08 Å². The molecule has 0 radical (unpaired) electrons. The van der Waals surface area contributed by atoms with E-state index in [1.54, 1.807) is 7.05 Å². The minimum Gasteiger partial charge on any atom is -0.356 e. The summed E-state index contributed by atoms with van der Waals surface area (Å²) in [6.45, 7) is 11.4. The van der Waals surface area contributed by atoms with Gasteiger partial charge in [0.2, 0.25) is 0 Å². The van der Waals surface area contributed by atoms with Crippen LogP contribution in [0.1, 0.15) is 26.2 Å². The number of nitrogens with zero attached hydrogens (tertiary/aromatic N) is 2. The second-order valence-electron chi connectivity index (χ2n) is 5.09. The maximum atomic E-state index is 4.18. The van der Waals surface area contributed by atoms with Gasteiger partial charge in [-0.3, -0.25) is 4.99 Å². The molecule has 1 aliphatic heterocycles. The first-order chi connectivity index (χ1) is 8.76. The van der Waals surface area contributed by atoms with Crippen molar-refractivity contribution in [2.24, 2.45) is 10.9 Å². The lowest BCUT2D eigenvalue weighted by Crippen LogP contribution is -2.42. The zero-order valence-corrected chi connectivity index (χ0v) is 11.9. The van der Waals surface area contributed by atoms with Crippen molar-refractivity contribution in [1.82, 2.24) is 15.5 Å². The Balaban J connectivity index is 2.18. The van der Waals surface area contributed by atoms with Crippen molar-refractivity contribution in [3.63, 3.8) is 0 Å². The number of guanidine groups is 1. The van der Waals surface area contributed by atoms with Crippen molar-refractivity contribution in [3.8, 4) is 0 Å². The molecule has 0 aromatic heterocycles. The van der Waals surface area contributed by atoms with Gasteiger partial charge in [0.25, 0.3) is 0 Å². The number of aliphatic imine (C=N–C) groups is 1. The highest BCUT2D eigenvalue weighted by Gasteiger charge is 2.13. The summed E-state index contributed by atoms with van der Waals surface area (Å²) in [6.07, 6.45) is 5.97. The zero-order valence-electron chi connectivity index (χ0n) is 11.9. The molecule has 0 aromatic rings. The van der Waals surface area contributed by atoms with Gasteiger partial charge in [0.15, 0.2) is 5.96 Å². The van der Waals surface area contributed by atoms with Crippen LogP contribution in [-0.2, 0) is 0 Å². The van der Waals surface area contributed by atoms with Gasteiger partial charge in [-0.15, -0.1) is 6.58 Å². The molecule has 0 amide bonds. The molecule has 0 aliphatic carbocycles. The van der Waals surface area contributed by atoms with Crippen LogP contribution in [0.5, 0.6) is 0 Å². The first-order valence-corrected chi connectivity index (χ1v) is 7.04. The van der Waals surface area contributed by atoms with Gasteiger partial charge in [-0.2, -0.15) is 0 Å². The summed E-state index contributed by atoms with van der Waals surface area (Å²) in [6, 6.07) is 0. The zero-order chi connectivity index (χ0) is 13.2. The number of piperidine rings is 1. The minimum atomic E-state index is 0.644. The van der Waals surface area contributed by atoms with Crippen LogP contribution in [0, 0.1) is 5.92 Å². The Morgan fingerprint density at radius 3 is 2.67 bits per heavy atom. The van der Waals surface area contributed by atoms with Crippen LogP contribution >= 0.6 is 0 Å². The van der Waals surface area contributed by atoms with Gasteiger partial charge in [-0.05, 0) is 31.8 Å². The minimum absolute atomic E-state index is 0.644. The average molecular weight is 252 g/mol. The molecule has 1 rings (SSSR count). The van der Waals surface area contributed by atoms with Crippen molar-refractivity contribution < 1.29 is 0 Å². The summed E-state index contributed by atoms with van der Waals surface area (Å²) >= 11 is 0. The summed E-state index contributed by atoms with van der Waals surface area (Å²) in [4.78, 5) is 6.76. The Morgan fingerprint density at radius 2 is 2.06 bits per heavy atom. The SMILES string of the molecule is C=CCNC(=NC)NCC(C)CN1CCCCC1. The molecule has 18 heavy (non-hydrogen) atoms. The maximum Gasteiger partial charge on any atom is 0.191 e. The smallest absolute Gasteiger partial charge is 0.191 e. The van der Waals surface area contributed by atoms with Gasteiger partial charge in [0.05, 0.1) is 0 Å². The third kappa shape index (κ3) is 6.05. The Kier molecular flexibility index (Phi) is 7.49. The van der Waals surface area contributed by atoms with Crippen molar-refractivity contribution >= 4 is 5.96 Å². The van der Waals surface area contributed by atoms with Crippen LogP contribution in [0.4, 0.5) is 0 Å².